The summed E-state index contributed by atoms with van der Waals surface area (Å²) >= 11 is 0. The Morgan fingerprint density at radius 2 is 2.00 bits per heavy atom. The Bertz CT molecular complexity index is 411. The number of furan rings is 1. The topological polar surface area (TPSA) is 45.4 Å². The van der Waals surface area contributed by atoms with Crippen LogP contribution in [0.4, 0.5) is 13.2 Å². The normalized spacial score (nSPS) is 26.5. The summed E-state index contributed by atoms with van der Waals surface area (Å²) in [6.07, 6.45) is -1.32. The van der Waals surface area contributed by atoms with Crippen molar-refractivity contribution in [1.82, 2.24) is 5.32 Å². The Balaban J connectivity index is 1.73. The highest BCUT2D eigenvalue weighted by molar-refractivity contribution is 5.02. The first-order valence-electron chi connectivity index (χ1n) is 7.40. The van der Waals surface area contributed by atoms with Gasteiger partial charge in [-0.2, -0.15) is 13.2 Å². The molecule has 2 atom stereocenters. The minimum atomic E-state index is -4.06. The van der Waals surface area contributed by atoms with Crippen molar-refractivity contribution in [3.8, 4) is 0 Å². The molecule has 3 nitrogen and oxygen atoms in total. The lowest BCUT2D eigenvalue weighted by Gasteiger charge is -2.32. The van der Waals surface area contributed by atoms with Gasteiger partial charge in [0.25, 0.3) is 0 Å². The highest BCUT2D eigenvalue weighted by atomic mass is 19.4. The number of hydrogen-bond acceptors (Lipinski definition) is 3. The highest BCUT2D eigenvalue weighted by Gasteiger charge is 2.41. The van der Waals surface area contributed by atoms with Crippen LogP contribution >= 0.6 is 0 Å². The molecule has 0 radical (unpaired) electrons. The molecule has 2 rings (SSSR count). The Kier molecular flexibility index (Phi) is 5.32. The Hall–Kier alpha value is -1.01. The molecular weight excluding hydrogens is 283 g/mol. The summed E-state index contributed by atoms with van der Waals surface area (Å²) < 4.78 is 42.9. The van der Waals surface area contributed by atoms with Gasteiger partial charge < -0.3 is 14.8 Å². The molecule has 1 saturated carbocycles. The van der Waals surface area contributed by atoms with Gasteiger partial charge >= 0.3 is 6.18 Å². The van der Waals surface area contributed by atoms with Crippen LogP contribution in [0.2, 0.25) is 0 Å². The van der Waals surface area contributed by atoms with Crippen molar-refractivity contribution >= 4 is 0 Å². The molecule has 1 aromatic rings. The van der Waals surface area contributed by atoms with E-state index < -0.39 is 18.2 Å². The van der Waals surface area contributed by atoms with Gasteiger partial charge in [0.15, 0.2) is 0 Å². The standard InChI is InChI=1S/C15H22F3NO2/c1-10(9-13(20)14-3-2-8-21-14)19-12-6-4-11(5-7-12)15(16,17)18/h2-3,8,10-13,19-20H,4-7,9H2,1H3/t10-,11?,12?,13+/m0/s1. The molecule has 1 fully saturated rings. The van der Waals surface area contributed by atoms with Crippen molar-refractivity contribution in [2.75, 3.05) is 0 Å². The van der Waals surface area contributed by atoms with E-state index in [2.05, 4.69) is 5.32 Å². The number of nitrogens with one attached hydrogen (secondary N) is 1. The van der Waals surface area contributed by atoms with Gasteiger partial charge in [0, 0.05) is 12.1 Å². The number of aliphatic hydroxyl groups excluding tert-OH is 1. The van der Waals surface area contributed by atoms with Crippen LogP contribution in [0.3, 0.4) is 0 Å². The largest absolute Gasteiger partial charge is 0.467 e. The molecule has 1 aromatic heterocycles. The van der Waals surface area contributed by atoms with Gasteiger partial charge in [-0.15, -0.1) is 0 Å². The van der Waals surface area contributed by atoms with E-state index in [1.165, 1.54) is 6.26 Å². The van der Waals surface area contributed by atoms with E-state index in [1.807, 2.05) is 6.92 Å². The van der Waals surface area contributed by atoms with E-state index in [0.717, 1.165) is 0 Å². The average Bonchev–Trinajstić information content (AvgIpc) is 2.92. The molecule has 1 aliphatic rings. The number of hydrogen-bond donors (Lipinski definition) is 2. The minimum absolute atomic E-state index is 0.0255. The lowest BCUT2D eigenvalue weighted by molar-refractivity contribution is -0.182. The summed E-state index contributed by atoms with van der Waals surface area (Å²) in [5.74, 6) is -0.635. The maximum absolute atomic E-state index is 12.6. The second-order valence-electron chi connectivity index (χ2n) is 5.92. The monoisotopic (exact) mass is 305 g/mol. The number of aliphatic hydroxyl groups is 1. The molecule has 21 heavy (non-hydrogen) atoms. The van der Waals surface area contributed by atoms with Crippen LogP contribution in [0.25, 0.3) is 0 Å². The molecule has 1 heterocycles. The van der Waals surface area contributed by atoms with E-state index in [0.29, 0.717) is 25.0 Å². The second-order valence-corrected chi connectivity index (χ2v) is 5.92. The number of rotatable bonds is 5. The van der Waals surface area contributed by atoms with E-state index in [1.54, 1.807) is 12.1 Å². The second kappa shape index (κ2) is 6.83. The van der Waals surface area contributed by atoms with E-state index in [4.69, 9.17) is 4.42 Å². The van der Waals surface area contributed by atoms with Crippen LogP contribution < -0.4 is 5.32 Å². The molecule has 6 heteroatoms. The third-order valence-electron chi connectivity index (χ3n) is 4.16. The van der Waals surface area contributed by atoms with Gasteiger partial charge in [0.05, 0.1) is 12.2 Å². The molecule has 0 aromatic carbocycles. The zero-order valence-electron chi connectivity index (χ0n) is 12.1. The molecule has 2 N–H and O–H groups in total. The molecular formula is C15H22F3NO2. The van der Waals surface area contributed by atoms with Crippen molar-refractivity contribution in [2.24, 2.45) is 5.92 Å². The van der Waals surface area contributed by atoms with Crippen molar-refractivity contribution < 1.29 is 22.7 Å². The first-order valence-corrected chi connectivity index (χ1v) is 7.40. The quantitative estimate of drug-likeness (QED) is 0.869. The van der Waals surface area contributed by atoms with Gasteiger partial charge in [-0.1, -0.05) is 0 Å². The van der Waals surface area contributed by atoms with Crippen LogP contribution in [0.15, 0.2) is 22.8 Å². The van der Waals surface area contributed by atoms with E-state index in [-0.39, 0.29) is 24.9 Å². The van der Waals surface area contributed by atoms with E-state index in [9.17, 15) is 18.3 Å². The first kappa shape index (κ1) is 16.4. The zero-order chi connectivity index (χ0) is 15.5. The fourth-order valence-electron chi connectivity index (χ4n) is 2.99. The molecule has 0 unspecified atom stereocenters. The summed E-state index contributed by atoms with van der Waals surface area (Å²) in [4.78, 5) is 0. The fourth-order valence-corrected chi connectivity index (χ4v) is 2.99. The maximum atomic E-state index is 12.6. The SMILES string of the molecule is C[C@@H](C[C@@H](O)c1ccco1)NC1CCC(C(F)(F)F)CC1. The lowest BCUT2D eigenvalue weighted by atomic mass is 9.85. The number of alkyl halides is 3. The Morgan fingerprint density at radius 1 is 1.33 bits per heavy atom. The van der Waals surface area contributed by atoms with Crippen molar-refractivity contribution in [1.29, 1.82) is 0 Å². The average molecular weight is 305 g/mol. The first-order chi connectivity index (χ1) is 9.86. The van der Waals surface area contributed by atoms with Crippen LogP contribution in [0, 0.1) is 5.92 Å². The summed E-state index contributed by atoms with van der Waals surface area (Å²) in [5.41, 5.74) is 0. The predicted molar refractivity (Wildman–Crippen MR) is 72.7 cm³/mol. The molecule has 0 amide bonds. The predicted octanol–water partition coefficient (Wildman–Crippen LogP) is 3.80. The summed E-state index contributed by atoms with van der Waals surface area (Å²) in [6.45, 7) is 1.93. The van der Waals surface area contributed by atoms with Gasteiger partial charge in [-0.05, 0) is 51.2 Å². The van der Waals surface area contributed by atoms with E-state index >= 15 is 0 Å². The highest BCUT2D eigenvalue weighted by Crippen LogP contribution is 2.37. The van der Waals surface area contributed by atoms with Crippen LogP contribution in [0.1, 0.15) is 50.9 Å². The van der Waals surface area contributed by atoms with Gasteiger partial charge in [-0.25, -0.2) is 0 Å². The van der Waals surface area contributed by atoms with Crippen LogP contribution in [-0.4, -0.2) is 23.4 Å². The molecule has 1 aliphatic carbocycles. The van der Waals surface area contributed by atoms with Gasteiger partial charge in [-0.3, -0.25) is 0 Å². The van der Waals surface area contributed by atoms with Crippen LogP contribution in [0.5, 0.6) is 0 Å². The Morgan fingerprint density at radius 3 is 2.52 bits per heavy atom. The fraction of sp³-hybridized carbons (Fsp3) is 0.733. The summed E-state index contributed by atoms with van der Waals surface area (Å²) in [5, 5.41) is 13.3. The Labute approximate surface area is 122 Å². The van der Waals surface area contributed by atoms with Crippen LogP contribution in [-0.2, 0) is 0 Å². The minimum Gasteiger partial charge on any atom is -0.467 e. The third-order valence-corrected chi connectivity index (χ3v) is 4.16. The molecule has 0 spiro atoms. The molecule has 0 bridgehead atoms. The smallest absolute Gasteiger partial charge is 0.391 e. The molecule has 0 aliphatic heterocycles. The molecule has 0 saturated heterocycles. The lowest BCUT2D eigenvalue weighted by Crippen LogP contribution is -2.41. The summed E-state index contributed by atoms with van der Waals surface area (Å²) in [7, 11) is 0. The number of halogens is 3. The van der Waals surface area contributed by atoms with Crippen molar-refractivity contribution in [3.63, 3.8) is 0 Å². The zero-order valence-corrected chi connectivity index (χ0v) is 12.1. The van der Waals surface area contributed by atoms with Crippen molar-refractivity contribution in [2.45, 2.75) is 63.4 Å². The van der Waals surface area contributed by atoms with Crippen molar-refractivity contribution in [3.05, 3.63) is 24.2 Å². The van der Waals surface area contributed by atoms with Gasteiger partial charge in [0.1, 0.15) is 11.9 Å². The third kappa shape index (κ3) is 4.74. The molecule has 120 valence electrons. The summed E-state index contributed by atoms with van der Waals surface area (Å²) in [6, 6.07) is 3.56. The maximum Gasteiger partial charge on any atom is 0.391 e. The van der Waals surface area contributed by atoms with Gasteiger partial charge in [0.2, 0.25) is 0 Å².